The summed E-state index contributed by atoms with van der Waals surface area (Å²) in [6.45, 7) is 0.576. The normalized spacial score (nSPS) is 20.4. The third-order valence-corrected chi connectivity index (χ3v) is 4.03. The number of rotatable bonds is 3. The third kappa shape index (κ3) is 2.64. The summed E-state index contributed by atoms with van der Waals surface area (Å²) in [6, 6.07) is 10.3. The van der Waals surface area contributed by atoms with E-state index >= 15 is 0 Å². The molecule has 1 N–H and O–H groups in total. The smallest absolute Gasteiger partial charge is 0.262 e. The van der Waals surface area contributed by atoms with Crippen molar-refractivity contribution in [2.45, 2.75) is 12.0 Å². The van der Waals surface area contributed by atoms with Crippen LogP contribution in [-0.2, 0) is 4.74 Å². The molecule has 0 bridgehead atoms. The second-order valence-electron chi connectivity index (χ2n) is 5.60. The van der Waals surface area contributed by atoms with Crippen molar-refractivity contribution in [2.24, 2.45) is 0 Å². The molecule has 0 saturated carbocycles. The molecule has 0 amide bonds. The maximum absolute atomic E-state index is 11.9. The minimum absolute atomic E-state index is 0.0105. The monoisotopic (exact) mass is 324 g/mol. The Hall–Kier alpha value is -2.77. The number of phenolic OH excluding ortho intramolecular Hbond substituents is 1. The van der Waals surface area contributed by atoms with Gasteiger partial charge in [-0.25, -0.2) is 0 Å². The number of hydrogen-bond donors (Lipinski definition) is 1. The molecule has 1 aliphatic rings. The van der Waals surface area contributed by atoms with Crippen LogP contribution in [0, 0.1) is 0 Å². The van der Waals surface area contributed by atoms with E-state index in [1.54, 1.807) is 30.5 Å². The van der Waals surface area contributed by atoms with Gasteiger partial charge >= 0.3 is 0 Å². The van der Waals surface area contributed by atoms with Crippen molar-refractivity contribution in [1.82, 2.24) is 15.1 Å². The predicted molar refractivity (Wildman–Crippen MR) is 82.0 cm³/mol. The Morgan fingerprint density at radius 2 is 2.08 bits per heavy atom. The van der Waals surface area contributed by atoms with Crippen molar-refractivity contribution in [3.05, 3.63) is 48.2 Å². The summed E-state index contributed by atoms with van der Waals surface area (Å²) in [5.41, 5.74) is 1.76. The van der Waals surface area contributed by atoms with Crippen LogP contribution in [0.2, 0.25) is 0 Å². The van der Waals surface area contributed by atoms with Crippen LogP contribution in [0.15, 0.2) is 47.1 Å². The molecule has 122 valence electrons. The Bertz CT molecular complexity index is 850. The van der Waals surface area contributed by atoms with E-state index in [0.717, 1.165) is 5.56 Å². The third-order valence-electron chi connectivity index (χ3n) is 4.03. The van der Waals surface area contributed by atoms with Crippen LogP contribution in [0.5, 0.6) is 5.75 Å². The van der Waals surface area contributed by atoms with Crippen molar-refractivity contribution < 1.29 is 19.5 Å². The van der Waals surface area contributed by atoms with Gasteiger partial charge in [-0.1, -0.05) is 23.4 Å². The van der Waals surface area contributed by atoms with Crippen molar-refractivity contribution in [3.63, 3.8) is 0 Å². The summed E-state index contributed by atoms with van der Waals surface area (Å²) >= 11 is 0. The van der Waals surface area contributed by atoms with E-state index in [0.29, 0.717) is 23.7 Å². The lowest BCUT2D eigenvalue weighted by atomic mass is 9.94. The molecule has 3 heterocycles. The zero-order valence-corrected chi connectivity index (χ0v) is 12.6. The van der Waals surface area contributed by atoms with Gasteiger partial charge in [0.2, 0.25) is 5.82 Å². The molecule has 0 spiro atoms. The zero-order valence-electron chi connectivity index (χ0n) is 12.6. The highest BCUT2D eigenvalue weighted by molar-refractivity contribution is 5.65. The Labute approximate surface area is 137 Å². The number of benzene rings is 1. The van der Waals surface area contributed by atoms with Crippen LogP contribution < -0.4 is 5.11 Å². The van der Waals surface area contributed by atoms with E-state index in [1.807, 2.05) is 6.07 Å². The van der Waals surface area contributed by atoms with Crippen molar-refractivity contribution in [1.29, 1.82) is 0 Å². The molecule has 7 nitrogen and oxygen atoms in total. The van der Waals surface area contributed by atoms with Crippen molar-refractivity contribution in [2.75, 3.05) is 13.2 Å². The van der Waals surface area contributed by atoms with Gasteiger partial charge in [-0.05, 0) is 35.7 Å². The Balaban J connectivity index is 1.70. The first-order valence-corrected chi connectivity index (χ1v) is 7.54. The summed E-state index contributed by atoms with van der Waals surface area (Å²) < 4.78 is 10.5. The summed E-state index contributed by atoms with van der Waals surface area (Å²) in [6.07, 6.45) is 0.826. The molecule has 4 rings (SSSR count). The highest BCUT2D eigenvalue weighted by Gasteiger charge is 2.23. The minimum Gasteiger partial charge on any atom is -0.850 e. The van der Waals surface area contributed by atoms with Crippen LogP contribution in [0.3, 0.4) is 0 Å². The SMILES string of the molecule is [O-]C1COC[C@H]1c1ccc(O)c(-c2nc(-c3ccccn3)no2)c1. The fraction of sp³-hybridized carbons (Fsp3) is 0.235. The zero-order chi connectivity index (χ0) is 16.5. The van der Waals surface area contributed by atoms with Crippen molar-refractivity contribution in [3.8, 4) is 28.7 Å². The van der Waals surface area contributed by atoms with Gasteiger partial charge in [0, 0.05) is 12.8 Å². The number of aromatic nitrogens is 3. The molecule has 24 heavy (non-hydrogen) atoms. The molecule has 1 aliphatic heterocycles. The van der Waals surface area contributed by atoms with E-state index in [2.05, 4.69) is 15.1 Å². The maximum Gasteiger partial charge on any atom is 0.262 e. The van der Waals surface area contributed by atoms with Crippen LogP contribution in [0.1, 0.15) is 11.5 Å². The predicted octanol–water partition coefficient (Wildman–Crippen LogP) is 1.35. The number of phenols is 1. The molecule has 1 saturated heterocycles. The van der Waals surface area contributed by atoms with Gasteiger partial charge in [-0.3, -0.25) is 4.98 Å². The lowest BCUT2D eigenvalue weighted by Gasteiger charge is -2.22. The fourth-order valence-electron chi connectivity index (χ4n) is 2.73. The highest BCUT2D eigenvalue weighted by atomic mass is 16.5. The van der Waals surface area contributed by atoms with Gasteiger partial charge in [-0.15, -0.1) is 0 Å². The first-order chi connectivity index (χ1) is 11.7. The molecule has 1 unspecified atom stereocenters. The van der Waals surface area contributed by atoms with Crippen LogP contribution in [0.25, 0.3) is 23.0 Å². The van der Waals surface area contributed by atoms with Gasteiger partial charge in [-0.2, -0.15) is 4.98 Å². The first-order valence-electron chi connectivity index (χ1n) is 7.54. The lowest BCUT2D eigenvalue weighted by molar-refractivity contribution is -0.420. The molecular formula is C17H14N3O4-. The molecule has 2 atom stereocenters. The van der Waals surface area contributed by atoms with Gasteiger partial charge < -0.3 is 19.5 Å². The van der Waals surface area contributed by atoms with Gasteiger partial charge in [0.1, 0.15) is 11.4 Å². The fourth-order valence-corrected chi connectivity index (χ4v) is 2.73. The van der Waals surface area contributed by atoms with Gasteiger partial charge in [0.25, 0.3) is 5.89 Å². The number of ether oxygens (including phenoxy) is 1. The van der Waals surface area contributed by atoms with Gasteiger partial charge in [0.15, 0.2) is 0 Å². The molecule has 0 radical (unpaired) electrons. The van der Waals surface area contributed by atoms with E-state index < -0.39 is 6.10 Å². The maximum atomic E-state index is 11.9. The number of hydrogen-bond acceptors (Lipinski definition) is 7. The summed E-state index contributed by atoms with van der Waals surface area (Å²) in [7, 11) is 0. The molecule has 7 heteroatoms. The Morgan fingerprint density at radius 1 is 1.17 bits per heavy atom. The molecular weight excluding hydrogens is 310 g/mol. The second-order valence-corrected chi connectivity index (χ2v) is 5.60. The van der Waals surface area contributed by atoms with Gasteiger partial charge in [0.05, 0.1) is 12.2 Å². The summed E-state index contributed by atoms with van der Waals surface area (Å²) in [4.78, 5) is 8.45. The Morgan fingerprint density at radius 3 is 2.83 bits per heavy atom. The number of nitrogens with zero attached hydrogens (tertiary/aromatic N) is 3. The number of aromatic hydroxyl groups is 1. The molecule has 1 fully saturated rings. The minimum atomic E-state index is -0.811. The van der Waals surface area contributed by atoms with Crippen molar-refractivity contribution >= 4 is 0 Å². The quantitative estimate of drug-likeness (QED) is 0.775. The average Bonchev–Trinajstić information content (AvgIpc) is 3.25. The molecule has 1 aromatic carbocycles. The highest BCUT2D eigenvalue weighted by Crippen LogP contribution is 2.34. The van der Waals surface area contributed by atoms with E-state index in [1.165, 1.54) is 6.07 Å². The van der Waals surface area contributed by atoms with E-state index in [9.17, 15) is 10.2 Å². The molecule has 2 aromatic heterocycles. The average molecular weight is 324 g/mol. The summed E-state index contributed by atoms with van der Waals surface area (Å²) in [5.74, 6) is 0.275. The van der Waals surface area contributed by atoms with E-state index in [4.69, 9.17) is 9.26 Å². The Kier molecular flexibility index (Phi) is 3.72. The van der Waals surface area contributed by atoms with E-state index in [-0.39, 0.29) is 24.2 Å². The number of pyridine rings is 1. The summed E-state index contributed by atoms with van der Waals surface area (Å²) in [5, 5.41) is 26.0. The topological polar surface area (TPSA) is 104 Å². The lowest BCUT2D eigenvalue weighted by Crippen LogP contribution is -2.31. The molecule has 3 aromatic rings. The standard InChI is InChI=1S/C17H14N3O4/c21-14-5-4-10(12-8-23-9-15(12)22)7-11(14)17-19-16(20-24-17)13-3-1-2-6-18-13/h1-7,12,15,21H,8-9H2/q-1/t12-,15?/m0/s1. The largest absolute Gasteiger partial charge is 0.850 e. The first kappa shape index (κ1) is 14.8. The van der Waals surface area contributed by atoms with Crippen LogP contribution >= 0.6 is 0 Å². The van der Waals surface area contributed by atoms with Crippen LogP contribution in [0.4, 0.5) is 0 Å². The molecule has 0 aliphatic carbocycles. The second kappa shape index (κ2) is 6.03. The van der Waals surface area contributed by atoms with Crippen LogP contribution in [-0.4, -0.2) is 39.5 Å².